The molecule has 0 aliphatic rings. The van der Waals surface area contributed by atoms with E-state index in [1.165, 1.54) is 13.2 Å². The lowest BCUT2D eigenvalue weighted by Gasteiger charge is -2.16. The number of amides is 1. The maximum Gasteiger partial charge on any atom is 0.253 e. The summed E-state index contributed by atoms with van der Waals surface area (Å²) in [6, 6.07) is 18.6. The summed E-state index contributed by atoms with van der Waals surface area (Å²) in [4.78, 5) is 40.5. The van der Waals surface area contributed by atoms with Crippen molar-refractivity contribution in [3.8, 4) is 17.0 Å². The molecule has 0 aliphatic carbocycles. The number of pyridine rings is 1. The molecule has 0 spiro atoms. The van der Waals surface area contributed by atoms with Gasteiger partial charge < -0.3 is 20.7 Å². The molecule has 0 unspecified atom stereocenters. The number of benzene rings is 2. The average Bonchev–Trinajstić information content (AvgIpc) is 2.90. The molecule has 1 heterocycles. The Morgan fingerprint density at radius 1 is 1.03 bits per heavy atom. The fourth-order valence-electron chi connectivity index (χ4n) is 3.62. The van der Waals surface area contributed by atoms with Gasteiger partial charge in [-0.1, -0.05) is 36.9 Å². The smallest absolute Gasteiger partial charge is 0.253 e. The van der Waals surface area contributed by atoms with E-state index in [9.17, 15) is 14.4 Å². The molecule has 176 valence electrons. The summed E-state index contributed by atoms with van der Waals surface area (Å²) in [5.74, 6) is 0.129. The number of carbonyl (C=O) groups is 1. The first-order valence-electron chi connectivity index (χ1n) is 11.0. The molecule has 1 aromatic heterocycles. The van der Waals surface area contributed by atoms with E-state index in [2.05, 4.69) is 27.5 Å². The maximum absolute atomic E-state index is 12.2. The Morgan fingerprint density at radius 2 is 1.80 bits per heavy atom. The van der Waals surface area contributed by atoms with E-state index in [4.69, 9.17) is 4.74 Å². The quantitative estimate of drug-likeness (QED) is 0.239. The highest BCUT2D eigenvalue weighted by Gasteiger charge is 2.21. The van der Waals surface area contributed by atoms with E-state index in [0.717, 1.165) is 17.5 Å². The third kappa shape index (κ3) is 5.27. The van der Waals surface area contributed by atoms with E-state index in [-0.39, 0.29) is 17.3 Å². The van der Waals surface area contributed by atoms with Crippen LogP contribution in [0.4, 0.5) is 22.7 Å². The Balaban J connectivity index is 1.52. The molecule has 1 amide bonds. The third-order valence-corrected chi connectivity index (χ3v) is 5.44. The van der Waals surface area contributed by atoms with Gasteiger partial charge in [-0.15, -0.1) is 0 Å². The van der Waals surface area contributed by atoms with Gasteiger partial charge in [0.1, 0.15) is 17.1 Å². The van der Waals surface area contributed by atoms with Crippen molar-refractivity contribution >= 4 is 28.7 Å². The molecule has 0 saturated carbocycles. The molecule has 0 atom stereocenters. The van der Waals surface area contributed by atoms with Crippen LogP contribution in [0.5, 0.6) is 5.75 Å². The van der Waals surface area contributed by atoms with Crippen molar-refractivity contribution in [2.45, 2.75) is 6.42 Å². The molecule has 3 aromatic carbocycles. The standard InChI is InChI=1S/C27H24N4O4/c1-3-23(32)31-21-15-18(9-10-22(21)35-2)20-16-19(12-14-28-20)30-25-24(26(33)27(25)34)29-13-11-17-7-5-4-6-8-17/h3-10,12,14-16,29H,1,11,13H2,2H3,(H,28,30)(H,31,32). The van der Waals surface area contributed by atoms with Crippen LogP contribution in [0.1, 0.15) is 5.56 Å². The summed E-state index contributed by atoms with van der Waals surface area (Å²) >= 11 is 0. The van der Waals surface area contributed by atoms with E-state index in [1.807, 2.05) is 36.4 Å². The first kappa shape index (κ1) is 23.4. The van der Waals surface area contributed by atoms with Crippen molar-refractivity contribution in [3.05, 3.63) is 106 Å². The number of nitrogens with zero attached hydrogens (tertiary/aromatic N) is 1. The summed E-state index contributed by atoms with van der Waals surface area (Å²) in [6.45, 7) is 3.99. The van der Waals surface area contributed by atoms with Gasteiger partial charge in [-0.3, -0.25) is 19.4 Å². The van der Waals surface area contributed by atoms with E-state index in [0.29, 0.717) is 29.4 Å². The number of nitrogens with one attached hydrogen (secondary N) is 3. The normalized spacial score (nSPS) is 10.5. The molecule has 0 bridgehead atoms. The Hall–Kier alpha value is -4.72. The van der Waals surface area contributed by atoms with Crippen LogP contribution >= 0.6 is 0 Å². The minimum absolute atomic E-state index is 0.230. The molecule has 4 rings (SSSR count). The number of hydrogen-bond acceptors (Lipinski definition) is 7. The highest BCUT2D eigenvalue weighted by atomic mass is 16.5. The lowest BCUT2D eigenvalue weighted by atomic mass is 10.1. The van der Waals surface area contributed by atoms with Gasteiger partial charge in [0.05, 0.1) is 18.5 Å². The lowest BCUT2D eigenvalue weighted by Crippen LogP contribution is -2.37. The second-order valence-corrected chi connectivity index (χ2v) is 7.73. The molecule has 8 nitrogen and oxygen atoms in total. The predicted molar refractivity (Wildman–Crippen MR) is 138 cm³/mol. The Morgan fingerprint density at radius 3 is 2.54 bits per heavy atom. The van der Waals surface area contributed by atoms with Gasteiger partial charge in [-0.2, -0.15) is 0 Å². The van der Waals surface area contributed by atoms with Crippen LogP contribution in [0.15, 0.2) is 89.1 Å². The first-order valence-corrected chi connectivity index (χ1v) is 11.0. The van der Waals surface area contributed by atoms with Crippen molar-refractivity contribution in [2.75, 3.05) is 29.6 Å². The number of rotatable bonds is 10. The van der Waals surface area contributed by atoms with Crippen LogP contribution in [0.2, 0.25) is 0 Å². The number of methoxy groups -OCH3 is 1. The number of carbonyl (C=O) groups excluding carboxylic acids is 1. The van der Waals surface area contributed by atoms with Gasteiger partial charge in [0.15, 0.2) is 0 Å². The molecular weight excluding hydrogens is 444 g/mol. The monoisotopic (exact) mass is 468 g/mol. The van der Waals surface area contributed by atoms with Gasteiger partial charge in [-0.05, 0) is 48.4 Å². The highest BCUT2D eigenvalue weighted by Crippen LogP contribution is 2.31. The Labute approximate surface area is 202 Å². The van der Waals surface area contributed by atoms with Gasteiger partial charge in [0, 0.05) is 24.0 Å². The molecule has 3 N–H and O–H groups in total. The molecule has 0 aliphatic heterocycles. The Bertz CT molecular complexity index is 1440. The minimum Gasteiger partial charge on any atom is -0.495 e. The molecular formula is C27H24N4O4. The topological polar surface area (TPSA) is 109 Å². The maximum atomic E-state index is 12.2. The van der Waals surface area contributed by atoms with Gasteiger partial charge in [0.25, 0.3) is 10.9 Å². The summed E-state index contributed by atoms with van der Waals surface area (Å²) in [7, 11) is 1.51. The summed E-state index contributed by atoms with van der Waals surface area (Å²) in [5.41, 5.74) is 2.94. The second kappa shape index (κ2) is 10.5. The molecule has 0 radical (unpaired) electrons. The summed E-state index contributed by atoms with van der Waals surface area (Å²) in [5, 5.41) is 8.83. The van der Waals surface area contributed by atoms with Crippen LogP contribution in [0.3, 0.4) is 0 Å². The number of aromatic nitrogens is 1. The average molecular weight is 469 g/mol. The number of ether oxygens (including phenoxy) is 1. The molecule has 35 heavy (non-hydrogen) atoms. The van der Waals surface area contributed by atoms with Crippen molar-refractivity contribution in [2.24, 2.45) is 0 Å². The van der Waals surface area contributed by atoms with Gasteiger partial charge in [0.2, 0.25) is 5.91 Å². The van der Waals surface area contributed by atoms with Crippen molar-refractivity contribution in [1.29, 1.82) is 0 Å². The number of hydrogen-bond donors (Lipinski definition) is 3. The van der Waals surface area contributed by atoms with Crippen LogP contribution in [0, 0.1) is 0 Å². The summed E-state index contributed by atoms with van der Waals surface area (Å²) in [6.07, 6.45) is 3.49. The molecule has 0 saturated heterocycles. The predicted octanol–water partition coefficient (Wildman–Crippen LogP) is 3.88. The summed E-state index contributed by atoms with van der Waals surface area (Å²) < 4.78 is 5.31. The second-order valence-electron chi connectivity index (χ2n) is 7.73. The fourth-order valence-corrected chi connectivity index (χ4v) is 3.62. The largest absolute Gasteiger partial charge is 0.495 e. The fraction of sp³-hybridized carbons (Fsp3) is 0.111. The van der Waals surface area contributed by atoms with Crippen LogP contribution in [-0.4, -0.2) is 24.5 Å². The van der Waals surface area contributed by atoms with Crippen molar-refractivity contribution in [1.82, 2.24) is 4.98 Å². The first-order chi connectivity index (χ1) is 17.0. The third-order valence-electron chi connectivity index (χ3n) is 5.44. The van der Waals surface area contributed by atoms with Gasteiger partial charge in [-0.25, -0.2) is 0 Å². The van der Waals surface area contributed by atoms with Crippen LogP contribution in [-0.2, 0) is 11.2 Å². The van der Waals surface area contributed by atoms with E-state index >= 15 is 0 Å². The minimum atomic E-state index is -0.565. The zero-order chi connectivity index (χ0) is 24.8. The highest BCUT2D eigenvalue weighted by molar-refractivity contribution is 6.00. The molecule has 0 fully saturated rings. The SMILES string of the molecule is C=CC(=O)Nc1cc(-c2cc(Nc3c(NCCc4ccccc4)c(=O)c3=O)ccn2)ccc1OC. The van der Waals surface area contributed by atoms with Crippen molar-refractivity contribution in [3.63, 3.8) is 0 Å². The molecule has 4 aromatic rings. The van der Waals surface area contributed by atoms with Gasteiger partial charge >= 0.3 is 0 Å². The van der Waals surface area contributed by atoms with E-state index in [1.54, 1.807) is 30.5 Å². The van der Waals surface area contributed by atoms with Crippen LogP contribution < -0.4 is 31.5 Å². The van der Waals surface area contributed by atoms with E-state index < -0.39 is 10.9 Å². The zero-order valence-electron chi connectivity index (χ0n) is 19.1. The molecule has 8 heteroatoms. The lowest BCUT2D eigenvalue weighted by molar-refractivity contribution is -0.111. The van der Waals surface area contributed by atoms with Crippen molar-refractivity contribution < 1.29 is 9.53 Å². The number of anilines is 4. The van der Waals surface area contributed by atoms with Crippen LogP contribution in [0.25, 0.3) is 11.3 Å². The zero-order valence-corrected chi connectivity index (χ0v) is 19.1. The Kier molecular flexibility index (Phi) is 7.02.